The van der Waals surface area contributed by atoms with Gasteiger partial charge in [-0.2, -0.15) is 0 Å². The van der Waals surface area contributed by atoms with Crippen LogP contribution in [-0.2, 0) is 9.53 Å². The normalized spacial score (nSPS) is 10.6. The first-order valence-corrected chi connectivity index (χ1v) is 4.71. The van der Waals surface area contributed by atoms with Crippen LogP contribution >= 0.6 is 0 Å². The molecule has 0 aliphatic carbocycles. The van der Waals surface area contributed by atoms with Crippen LogP contribution in [0.5, 0.6) is 0 Å². The summed E-state index contributed by atoms with van der Waals surface area (Å²) in [6.45, 7) is 3.51. The second-order valence-electron chi connectivity index (χ2n) is 3.05. The minimum absolute atomic E-state index is 0.267. The SMILES string of the molecule is CCOC(=O)/C=C/n1cc(C)c(=O)[nH]c1=O. The van der Waals surface area contributed by atoms with Crippen LogP contribution in [0.4, 0.5) is 0 Å². The number of hydrogen-bond acceptors (Lipinski definition) is 4. The molecule has 0 radical (unpaired) electrons. The standard InChI is InChI=1S/C10H12N2O4/c1-3-16-8(13)4-5-12-6-7(2)9(14)11-10(12)15/h4-6H,3H2,1-2H3,(H,11,14,15)/b5-4+. The van der Waals surface area contributed by atoms with Crippen LogP contribution < -0.4 is 11.2 Å². The zero-order valence-electron chi connectivity index (χ0n) is 9.02. The number of hydrogen-bond donors (Lipinski definition) is 1. The minimum atomic E-state index is -0.601. The maximum atomic E-state index is 11.3. The summed E-state index contributed by atoms with van der Waals surface area (Å²) in [7, 11) is 0. The topological polar surface area (TPSA) is 81.2 Å². The van der Waals surface area contributed by atoms with Gasteiger partial charge in [-0.15, -0.1) is 0 Å². The Kier molecular flexibility index (Phi) is 3.82. The Morgan fingerprint density at radius 3 is 2.88 bits per heavy atom. The van der Waals surface area contributed by atoms with Gasteiger partial charge in [0.2, 0.25) is 0 Å². The van der Waals surface area contributed by atoms with E-state index in [1.165, 1.54) is 12.4 Å². The summed E-state index contributed by atoms with van der Waals surface area (Å²) in [6.07, 6.45) is 3.70. The first-order valence-electron chi connectivity index (χ1n) is 4.71. The Balaban J connectivity index is 2.98. The number of nitrogens with zero attached hydrogens (tertiary/aromatic N) is 1. The molecule has 6 heteroatoms. The highest BCUT2D eigenvalue weighted by Crippen LogP contribution is 1.87. The molecule has 16 heavy (non-hydrogen) atoms. The van der Waals surface area contributed by atoms with Gasteiger partial charge in [0.05, 0.1) is 6.61 Å². The molecular weight excluding hydrogens is 212 g/mol. The van der Waals surface area contributed by atoms with E-state index in [0.29, 0.717) is 5.56 Å². The lowest BCUT2D eigenvalue weighted by molar-refractivity contribution is -0.137. The molecular formula is C10H12N2O4. The van der Waals surface area contributed by atoms with Crippen LogP contribution in [0.2, 0.25) is 0 Å². The van der Waals surface area contributed by atoms with Crippen molar-refractivity contribution < 1.29 is 9.53 Å². The Morgan fingerprint density at radius 2 is 2.25 bits per heavy atom. The van der Waals surface area contributed by atoms with Crippen LogP contribution in [0.25, 0.3) is 6.20 Å². The molecule has 0 amide bonds. The molecule has 0 aliphatic rings. The van der Waals surface area contributed by atoms with Crippen LogP contribution in [0.1, 0.15) is 12.5 Å². The van der Waals surface area contributed by atoms with Gasteiger partial charge in [-0.3, -0.25) is 14.3 Å². The third-order valence-corrected chi connectivity index (χ3v) is 1.80. The fourth-order valence-electron chi connectivity index (χ4n) is 1.03. The Morgan fingerprint density at radius 1 is 1.56 bits per heavy atom. The van der Waals surface area contributed by atoms with Crippen molar-refractivity contribution >= 4 is 12.2 Å². The average molecular weight is 224 g/mol. The summed E-state index contributed by atoms with van der Waals surface area (Å²) in [5.41, 5.74) is -0.657. The fourth-order valence-corrected chi connectivity index (χ4v) is 1.03. The molecule has 1 N–H and O–H groups in total. The first kappa shape index (κ1) is 12.0. The lowest BCUT2D eigenvalue weighted by Crippen LogP contribution is -2.28. The van der Waals surface area contributed by atoms with E-state index < -0.39 is 17.2 Å². The number of aryl methyl sites for hydroxylation is 1. The number of nitrogens with one attached hydrogen (secondary N) is 1. The van der Waals surface area contributed by atoms with E-state index in [-0.39, 0.29) is 6.61 Å². The number of rotatable bonds is 3. The van der Waals surface area contributed by atoms with Gasteiger partial charge in [0.1, 0.15) is 0 Å². The van der Waals surface area contributed by atoms with Crippen molar-refractivity contribution in [1.82, 2.24) is 9.55 Å². The van der Waals surface area contributed by atoms with Crippen LogP contribution in [0.3, 0.4) is 0 Å². The van der Waals surface area contributed by atoms with E-state index in [1.54, 1.807) is 13.8 Å². The minimum Gasteiger partial charge on any atom is -0.463 e. The maximum absolute atomic E-state index is 11.3. The Labute approximate surface area is 91.2 Å². The van der Waals surface area contributed by atoms with Gasteiger partial charge in [-0.25, -0.2) is 9.59 Å². The molecule has 0 aliphatic heterocycles. The van der Waals surface area contributed by atoms with Crippen molar-refractivity contribution in [1.29, 1.82) is 0 Å². The zero-order valence-corrected chi connectivity index (χ0v) is 9.02. The predicted molar refractivity (Wildman–Crippen MR) is 58.0 cm³/mol. The molecule has 0 atom stereocenters. The molecule has 1 rings (SSSR count). The molecule has 0 aromatic carbocycles. The maximum Gasteiger partial charge on any atom is 0.332 e. The molecule has 0 spiro atoms. The number of aromatic nitrogens is 2. The number of esters is 1. The third kappa shape index (κ3) is 2.94. The summed E-state index contributed by atoms with van der Waals surface area (Å²) < 4.78 is 5.75. The van der Waals surface area contributed by atoms with Gasteiger partial charge < -0.3 is 4.74 Å². The van der Waals surface area contributed by atoms with Crippen molar-refractivity contribution in [2.24, 2.45) is 0 Å². The van der Waals surface area contributed by atoms with Gasteiger partial charge in [0, 0.05) is 24.0 Å². The lowest BCUT2D eigenvalue weighted by Gasteiger charge is -1.99. The van der Waals surface area contributed by atoms with Gasteiger partial charge in [-0.1, -0.05) is 0 Å². The average Bonchev–Trinajstić information content (AvgIpc) is 2.22. The van der Waals surface area contributed by atoms with E-state index in [1.807, 2.05) is 0 Å². The number of carbonyl (C=O) groups excluding carboxylic acids is 1. The van der Waals surface area contributed by atoms with Gasteiger partial charge in [-0.05, 0) is 13.8 Å². The summed E-state index contributed by atoms with van der Waals surface area (Å²) in [5.74, 6) is -0.543. The number of H-pyrrole nitrogens is 1. The van der Waals surface area contributed by atoms with E-state index in [9.17, 15) is 14.4 Å². The van der Waals surface area contributed by atoms with Crippen LogP contribution in [0.15, 0.2) is 21.9 Å². The smallest absolute Gasteiger partial charge is 0.332 e. The molecule has 0 unspecified atom stereocenters. The largest absolute Gasteiger partial charge is 0.463 e. The second kappa shape index (κ2) is 5.11. The summed E-state index contributed by atoms with van der Waals surface area (Å²) in [6, 6.07) is 0. The van der Waals surface area contributed by atoms with E-state index in [2.05, 4.69) is 9.72 Å². The Hall–Kier alpha value is -2.11. The molecule has 86 valence electrons. The van der Waals surface area contributed by atoms with E-state index in [4.69, 9.17) is 0 Å². The molecule has 1 aromatic rings. The van der Waals surface area contributed by atoms with Crippen molar-refractivity contribution in [2.45, 2.75) is 13.8 Å². The highest BCUT2D eigenvalue weighted by atomic mass is 16.5. The van der Waals surface area contributed by atoms with Crippen molar-refractivity contribution in [3.63, 3.8) is 0 Å². The summed E-state index contributed by atoms with van der Waals surface area (Å²) in [4.78, 5) is 35.4. The van der Waals surface area contributed by atoms with Gasteiger partial charge in [0.15, 0.2) is 0 Å². The molecule has 0 fully saturated rings. The highest BCUT2D eigenvalue weighted by molar-refractivity contribution is 5.84. The summed E-state index contributed by atoms with van der Waals surface area (Å²) >= 11 is 0. The molecule has 6 nitrogen and oxygen atoms in total. The summed E-state index contributed by atoms with van der Waals surface area (Å²) in [5, 5.41) is 0. The molecule has 0 saturated heterocycles. The molecule has 0 bridgehead atoms. The fraction of sp³-hybridized carbons (Fsp3) is 0.300. The predicted octanol–water partition coefficient (Wildman–Crippen LogP) is -0.121. The van der Waals surface area contributed by atoms with Gasteiger partial charge >= 0.3 is 11.7 Å². The quantitative estimate of drug-likeness (QED) is 0.573. The molecule has 1 heterocycles. The monoisotopic (exact) mass is 224 g/mol. The number of ether oxygens (including phenoxy) is 1. The first-order chi connectivity index (χ1) is 7.54. The number of carbonyl (C=O) groups is 1. The van der Waals surface area contributed by atoms with Crippen LogP contribution in [0, 0.1) is 6.92 Å². The van der Waals surface area contributed by atoms with E-state index >= 15 is 0 Å². The molecule has 1 aromatic heterocycles. The third-order valence-electron chi connectivity index (χ3n) is 1.80. The van der Waals surface area contributed by atoms with E-state index in [0.717, 1.165) is 10.6 Å². The lowest BCUT2D eigenvalue weighted by atomic mass is 10.4. The molecule has 0 saturated carbocycles. The van der Waals surface area contributed by atoms with Crippen molar-refractivity contribution in [3.05, 3.63) is 38.7 Å². The van der Waals surface area contributed by atoms with Gasteiger partial charge in [0.25, 0.3) is 5.56 Å². The Bertz CT molecular complexity index is 524. The van der Waals surface area contributed by atoms with Crippen molar-refractivity contribution in [2.75, 3.05) is 6.61 Å². The van der Waals surface area contributed by atoms with Crippen molar-refractivity contribution in [3.8, 4) is 0 Å². The second-order valence-corrected chi connectivity index (χ2v) is 3.05. The highest BCUT2D eigenvalue weighted by Gasteiger charge is 1.98. The zero-order chi connectivity index (χ0) is 12.1. The van der Waals surface area contributed by atoms with Crippen LogP contribution in [-0.4, -0.2) is 22.1 Å². The number of aromatic amines is 1.